The highest BCUT2D eigenvalue weighted by molar-refractivity contribution is 8.01. The Morgan fingerprint density at radius 2 is 1.00 bits per heavy atom. The summed E-state index contributed by atoms with van der Waals surface area (Å²) in [6.07, 6.45) is 0. The number of anilines is 6. The van der Waals surface area contributed by atoms with Gasteiger partial charge in [0.25, 0.3) is 13.4 Å². The smallest absolute Gasteiger partial charge is 0.256 e. The van der Waals surface area contributed by atoms with Crippen LogP contribution in [0.1, 0.15) is 46.9 Å². The summed E-state index contributed by atoms with van der Waals surface area (Å²) in [5.74, 6) is -0.125. The lowest BCUT2D eigenvalue weighted by Gasteiger charge is -2.48. The maximum Gasteiger partial charge on any atom is 0.256 e. The van der Waals surface area contributed by atoms with Crippen molar-refractivity contribution in [3.63, 3.8) is 0 Å². The third-order valence-electron chi connectivity index (χ3n) is 15.4. The third-order valence-corrected chi connectivity index (χ3v) is 17.6. The highest BCUT2D eigenvalue weighted by Gasteiger charge is 2.51. The maximum absolute atomic E-state index is 11.2. The van der Waals surface area contributed by atoms with Crippen LogP contribution in [0, 0.1) is 0 Å². The number of rotatable bonds is 6. The number of hydrogen-bond acceptors (Lipinski definition) is 5. The van der Waals surface area contributed by atoms with Crippen LogP contribution in [0.5, 0.6) is 11.5 Å². The van der Waals surface area contributed by atoms with E-state index in [1.54, 1.807) is 0 Å². The quantitative estimate of drug-likeness (QED) is 0.154. The van der Waals surface area contributed by atoms with Crippen LogP contribution in [0.25, 0.3) is 44.5 Å². The van der Waals surface area contributed by atoms with Gasteiger partial charge in [-0.25, -0.2) is 0 Å². The molecule has 0 bridgehead atoms. The van der Waals surface area contributed by atoms with Crippen molar-refractivity contribution in [2.24, 2.45) is 0 Å². The molecule has 11 aromatic rings. The fourth-order valence-corrected chi connectivity index (χ4v) is 14.5. The summed E-state index contributed by atoms with van der Waals surface area (Å²) in [7, 11) is 0. The summed E-state index contributed by atoms with van der Waals surface area (Å²) in [5, 5.41) is 0. The lowest BCUT2D eigenvalue weighted by molar-refractivity contribution is 0.485. The van der Waals surface area contributed by atoms with Crippen molar-refractivity contribution in [1.82, 2.24) is 0 Å². The molecular weight excluding hydrogens is 971 g/mol. The van der Waals surface area contributed by atoms with E-state index >= 15 is 0 Å². The molecule has 0 saturated carbocycles. The van der Waals surface area contributed by atoms with Crippen LogP contribution >= 0.6 is 23.5 Å². The van der Waals surface area contributed by atoms with Crippen LogP contribution in [-0.4, -0.2) is 13.4 Å². The molecule has 0 aromatic heterocycles. The zero-order valence-corrected chi connectivity index (χ0v) is 43.3. The van der Waals surface area contributed by atoms with Gasteiger partial charge >= 0.3 is 0 Å². The van der Waals surface area contributed by atoms with E-state index in [-0.39, 0.29) is 56.1 Å². The second-order valence-electron chi connectivity index (χ2n) is 20.7. The summed E-state index contributed by atoms with van der Waals surface area (Å²) < 4.78 is 152. The predicted molar refractivity (Wildman–Crippen MR) is 327 cm³/mol. The Labute approximate surface area is 480 Å². The molecule has 0 saturated heterocycles. The number of para-hydroxylation sites is 2. The fourth-order valence-electron chi connectivity index (χ4n) is 12.0. The van der Waals surface area contributed by atoms with Gasteiger partial charge in [0.15, 0.2) is 0 Å². The van der Waals surface area contributed by atoms with E-state index in [9.17, 15) is 15.1 Å². The highest BCUT2D eigenvalue weighted by Crippen LogP contribution is 2.54. The first-order valence-electron chi connectivity index (χ1n) is 33.0. The largest absolute Gasteiger partial charge is 0.458 e. The summed E-state index contributed by atoms with van der Waals surface area (Å²) in [6, 6.07) is 40.7. The molecule has 0 unspecified atom stereocenters. The van der Waals surface area contributed by atoms with Crippen LogP contribution in [-0.2, 0) is 5.41 Å². The molecule has 0 spiro atoms. The molecule has 7 heteroatoms. The van der Waals surface area contributed by atoms with Gasteiger partial charge in [-0.15, -0.1) is 0 Å². The van der Waals surface area contributed by atoms with Crippen LogP contribution in [0.15, 0.2) is 256 Å². The first-order chi connectivity index (χ1) is 44.1. The summed E-state index contributed by atoms with van der Waals surface area (Å²) in [4.78, 5) is 5.52. The predicted octanol–water partition coefficient (Wildman–Crippen LogP) is 15.3. The number of fused-ring (bicyclic) bond motifs is 5. The Kier molecular flexibility index (Phi) is 7.16. The van der Waals surface area contributed by atoms with E-state index in [1.807, 2.05) is 138 Å². The Morgan fingerprint density at radius 1 is 0.416 bits per heavy atom. The van der Waals surface area contributed by atoms with Crippen molar-refractivity contribution in [3.05, 3.63) is 242 Å². The molecule has 77 heavy (non-hydrogen) atoms. The van der Waals surface area contributed by atoms with Gasteiger partial charge in [0, 0.05) is 59.0 Å². The van der Waals surface area contributed by atoms with Crippen LogP contribution in [0.2, 0.25) is 0 Å². The topological polar surface area (TPSA) is 15.7 Å². The Balaban J connectivity index is 1.15. The molecule has 11 aromatic carbocycles. The van der Waals surface area contributed by atoms with Crippen LogP contribution in [0.3, 0.4) is 0 Å². The Bertz CT molecular complexity index is 5070. The van der Waals surface area contributed by atoms with Crippen LogP contribution < -0.4 is 47.3 Å². The molecular formula is C70H48B2N2OS2. The molecule has 5 heterocycles. The SMILES string of the molecule is [2H]c1c([2H])c([2H])c(-c2c([2H])c([2H])c3c(c2[2H])N(c2c(-c4ccccc4)cccc2-c2ccccc2)c2cc(C(C)(C)C)cc4c2B3c2c3c5c(c([2H])c2N4c2ccccc2-c2ccccc2)Sc2c([2H])c([2H])c([2H])c4c2B5c2c(c([2H])c([2H])c([2H])c2S3)O4)c([2H])c1[2H]. The van der Waals surface area contributed by atoms with E-state index < -0.39 is 96.9 Å². The van der Waals surface area contributed by atoms with Gasteiger partial charge in [-0.05, 0) is 126 Å². The van der Waals surface area contributed by atoms with Gasteiger partial charge in [-0.2, -0.15) is 0 Å². The van der Waals surface area contributed by atoms with Gasteiger partial charge in [0.1, 0.15) is 11.5 Å². The molecule has 0 N–H and O–H groups in total. The third kappa shape index (κ3) is 6.76. The van der Waals surface area contributed by atoms with E-state index in [0.29, 0.717) is 76.7 Å². The van der Waals surface area contributed by atoms with Crippen molar-refractivity contribution in [2.45, 2.75) is 45.8 Å². The van der Waals surface area contributed by atoms with Gasteiger partial charge in [0.2, 0.25) is 0 Å². The van der Waals surface area contributed by atoms with E-state index in [4.69, 9.17) is 10.2 Å². The summed E-state index contributed by atoms with van der Waals surface area (Å²) in [5.41, 5.74) is 9.33. The zero-order chi connectivity index (χ0) is 64.1. The molecule has 16 rings (SSSR count). The molecule has 0 amide bonds. The minimum absolute atomic E-state index is 0.0105. The van der Waals surface area contributed by atoms with Gasteiger partial charge < -0.3 is 14.5 Å². The number of benzene rings is 11. The van der Waals surface area contributed by atoms with Crippen molar-refractivity contribution in [1.29, 1.82) is 0 Å². The average Bonchev–Trinajstić information content (AvgIpc) is 0.666. The van der Waals surface area contributed by atoms with Crippen LogP contribution in [0.4, 0.5) is 34.1 Å². The van der Waals surface area contributed by atoms with Gasteiger partial charge in [0.05, 0.1) is 31.9 Å². The fraction of sp³-hybridized carbons (Fsp3) is 0.0571. The van der Waals surface area contributed by atoms with Crippen molar-refractivity contribution < 1.29 is 25.3 Å². The van der Waals surface area contributed by atoms with Gasteiger partial charge in [-0.3, -0.25) is 0 Å². The lowest BCUT2D eigenvalue weighted by atomic mass is 9.31. The molecule has 3 nitrogen and oxygen atoms in total. The average molecular weight is 1030 g/mol. The Hall–Kier alpha value is -8.35. The monoisotopic (exact) mass is 1030 g/mol. The standard InChI is InChI=1S/C70H48B2N2OS2/c1-70(2,3)48-40-55-63-56(41-48)74(68-50(45-25-12-6-13-26-45)30-18-31-51(68)46-27-14-7-15-28-46)54-39-47(43-21-8-4-9-22-43)37-38-52(54)71(63)64-57(73(55)53-32-17-16-29-49(53)44-23-10-5-11-24-44)42-62-67-69(64)77-61-36-20-34-59-66(61)72(67)65-58(75-59)33-19-35-60(65)76-62/h4-42H,1-3H3/i4D,8D,9D,19D,20D,21D,22D,33D,34D,35D,36D,37D,38D,39D,42D. The lowest BCUT2D eigenvalue weighted by Crippen LogP contribution is -2.66. The minimum Gasteiger partial charge on any atom is -0.458 e. The van der Waals surface area contributed by atoms with E-state index in [2.05, 4.69) is 37.8 Å². The number of ether oxygens (including phenoxy) is 1. The molecule has 0 aliphatic carbocycles. The molecule has 362 valence electrons. The molecule has 0 fully saturated rings. The summed E-state index contributed by atoms with van der Waals surface area (Å²) >= 11 is 2.30. The normalized spacial score (nSPS) is 16.5. The van der Waals surface area contributed by atoms with E-state index in [0.717, 1.165) is 39.6 Å². The second-order valence-corrected chi connectivity index (χ2v) is 22.7. The molecule has 0 atom stereocenters. The first-order valence-corrected chi connectivity index (χ1v) is 27.1. The minimum atomic E-state index is -1.19. The molecule has 5 aliphatic heterocycles. The highest BCUT2D eigenvalue weighted by atomic mass is 32.2. The number of hydrogen-bond donors (Lipinski definition) is 0. The summed E-state index contributed by atoms with van der Waals surface area (Å²) in [6.45, 7) is 4.12. The molecule has 0 radical (unpaired) electrons. The second kappa shape index (κ2) is 17.1. The van der Waals surface area contributed by atoms with Crippen molar-refractivity contribution in [3.8, 4) is 56.0 Å². The number of nitrogens with zero attached hydrogens (tertiary/aromatic N) is 2. The van der Waals surface area contributed by atoms with Gasteiger partial charge in [-0.1, -0.05) is 226 Å². The Morgan fingerprint density at radius 3 is 1.65 bits per heavy atom. The zero-order valence-electron chi connectivity index (χ0n) is 56.6. The van der Waals surface area contributed by atoms with Crippen molar-refractivity contribution >= 4 is 104 Å². The van der Waals surface area contributed by atoms with E-state index in [1.165, 1.54) is 11.8 Å². The van der Waals surface area contributed by atoms with Crippen molar-refractivity contribution in [2.75, 3.05) is 9.80 Å². The maximum atomic E-state index is 11.2. The first kappa shape index (κ1) is 32.3. The molecule has 5 aliphatic rings.